The van der Waals surface area contributed by atoms with E-state index in [0.717, 1.165) is 4.90 Å². The van der Waals surface area contributed by atoms with Crippen molar-refractivity contribution in [2.45, 2.75) is 20.5 Å². The van der Waals surface area contributed by atoms with E-state index in [1.165, 1.54) is 16.6 Å². The molecule has 5 heteroatoms. The van der Waals surface area contributed by atoms with Crippen LogP contribution in [0.5, 0.6) is 0 Å². The number of aliphatic carboxylic acids is 1. The summed E-state index contributed by atoms with van der Waals surface area (Å²) in [6.07, 6.45) is 0. The Bertz CT molecular complexity index is 359. The van der Waals surface area contributed by atoms with E-state index >= 15 is 0 Å². The van der Waals surface area contributed by atoms with Gasteiger partial charge in [0, 0.05) is 9.77 Å². The molecule has 2 nitrogen and oxygen atoms in total. The number of rotatable bonds is 1. The van der Waals surface area contributed by atoms with Crippen molar-refractivity contribution < 1.29 is 9.90 Å². The van der Waals surface area contributed by atoms with E-state index in [1.807, 2.05) is 18.4 Å². The molecule has 1 aromatic heterocycles. The lowest BCUT2D eigenvalue weighted by Crippen LogP contribution is -2.30. The second-order valence-corrected chi connectivity index (χ2v) is 7.33. The predicted octanol–water partition coefficient (Wildman–Crippen LogP) is 2.96. The minimum atomic E-state index is -0.717. The van der Waals surface area contributed by atoms with Gasteiger partial charge in [0.15, 0.2) is 0 Å². The molecule has 2 unspecified atom stereocenters. The molecule has 1 aliphatic heterocycles. The molecule has 1 aliphatic rings. The smallest absolute Gasteiger partial charge is 0.318 e. The van der Waals surface area contributed by atoms with Gasteiger partial charge in [-0.2, -0.15) is 0 Å². The SMILES string of the molecule is CC1(I)c2sccc2SC1C(=O)O. The van der Waals surface area contributed by atoms with Crippen LogP contribution >= 0.6 is 45.7 Å². The number of hydrogen-bond donors (Lipinski definition) is 1. The highest BCUT2D eigenvalue weighted by atomic mass is 127. The van der Waals surface area contributed by atoms with Gasteiger partial charge in [-0.1, -0.05) is 22.6 Å². The minimum Gasteiger partial charge on any atom is -0.480 e. The highest BCUT2D eigenvalue weighted by Crippen LogP contribution is 2.55. The summed E-state index contributed by atoms with van der Waals surface area (Å²) in [6.45, 7) is 1.99. The molecule has 0 saturated heterocycles. The van der Waals surface area contributed by atoms with Crippen LogP contribution in [0.25, 0.3) is 0 Å². The summed E-state index contributed by atoms with van der Waals surface area (Å²) in [5.74, 6) is -0.717. The van der Waals surface area contributed by atoms with Gasteiger partial charge in [-0.15, -0.1) is 23.1 Å². The van der Waals surface area contributed by atoms with E-state index in [2.05, 4.69) is 22.6 Å². The molecule has 0 spiro atoms. The van der Waals surface area contributed by atoms with Gasteiger partial charge in [-0.05, 0) is 18.4 Å². The average Bonchev–Trinajstić information content (AvgIpc) is 2.52. The lowest BCUT2D eigenvalue weighted by Gasteiger charge is -2.20. The van der Waals surface area contributed by atoms with Crippen LogP contribution in [0.2, 0.25) is 0 Å². The maximum Gasteiger partial charge on any atom is 0.318 e. The number of thioether (sulfide) groups is 1. The zero-order valence-corrected chi connectivity index (χ0v) is 10.6. The Morgan fingerprint density at radius 1 is 1.77 bits per heavy atom. The largest absolute Gasteiger partial charge is 0.480 e. The maximum absolute atomic E-state index is 11.0. The van der Waals surface area contributed by atoms with Crippen LogP contribution in [0.4, 0.5) is 0 Å². The van der Waals surface area contributed by atoms with Crippen LogP contribution in [-0.2, 0) is 8.22 Å². The number of fused-ring (bicyclic) bond motifs is 1. The minimum absolute atomic E-state index is 0.252. The van der Waals surface area contributed by atoms with Gasteiger partial charge in [0.25, 0.3) is 0 Å². The van der Waals surface area contributed by atoms with Crippen molar-refractivity contribution in [1.29, 1.82) is 0 Å². The molecule has 0 aliphatic carbocycles. The van der Waals surface area contributed by atoms with E-state index in [4.69, 9.17) is 5.11 Å². The number of carbonyl (C=O) groups is 1. The summed E-state index contributed by atoms with van der Waals surface area (Å²) < 4.78 is -0.252. The van der Waals surface area contributed by atoms with Crippen molar-refractivity contribution in [3.8, 4) is 0 Å². The third-order valence-corrected chi connectivity index (χ3v) is 6.77. The highest BCUT2D eigenvalue weighted by Gasteiger charge is 2.47. The van der Waals surface area contributed by atoms with E-state index < -0.39 is 5.97 Å². The molecular weight excluding hydrogens is 319 g/mol. The number of alkyl halides is 1. The first-order chi connectivity index (χ1) is 6.03. The lowest BCUT2D eigenvalue weighted by molar-refractivity contribution is -0.136. The predicted molar refractivity (Wildman–Crippen MR) is 63.0 cm³/mol. The fraction of sp³-hybridized carbons (Fsp3) is 0.375. The highest BCUT2D eigenvalue weighted by molar-refractivity contribution is 14.1. The Morgan fingerprint density at radius 2 is 2.46 bits per heavy atom. The van der Waals surface area contributed by atoms with Crippen LogP contribution in [-0.4, -0.2) is 16.3 Å². The molecule has 2 heterocycles. The molecule has 2 atom stereocenters. The molecule has 0 bridgehead atoms. The van der Waals surface area contributed by atoms with Crippen molar-refractivity contribution >= 4 is 51.7 Å². The van der Waals surface area contributed by atoms with Gasteiger partial charge < -0.3 is 5.11 Å². The van der Waals surface area contributed by atoms with Gasteiger partial charge in [-0.3, -0.25) is 4.79 Å². The van der Waals surface area contributed by atoms with Crippen molar-refractivity contribution in [3.63, 3.8) is 0 Å². The summed E-state index contributed by atoms with van der Waals surface area (Å²) in [5, 5.41) is 10.7. The van der Waals surface area contributed by atoms with E-state index in [9.17, 15) is 4.79 Å². The normalized spacial score (nSPS) is 31.7. The molecule has 2 rings (SSSR count). The van der Waals surface area contributed by atoms with Crippen molar-refractivity contribution in [1.82, 2.24) is 0 Å². The van der Waals surface area contributed by atoms with Crippen LogP contribution < -0.4 is 0 Å². The van der Waals surface area contributed by atoms with Crippen molar-refractivity contribution in [2.75, 3.05) is 0 Å². The zero-order valence-electron chi connectivity index (χ0n) is 6.78. The quantitative estimate of drug-likeness (QED) is 0.637. The third kappa shape index (κ3) is 1.41. The summed E-state index contributed by atoms with van der Waals surface area (Å²) in [7, 11) is 0. The fourth-order valence-electron chi connectivity index (χ4n) is 1.39. The molecule has 13 heavy (non-hydrogen) atoms. The second-order valence-electron chi connectivity index (χ2n) is 3.03. The van der Waals surface area contributed by atoms with E-state index in [1.54, 1.807) is 11.3 Å². The van der Waals surface area contributed by atoms with Crippen molar-refractivity contribution in [3.05, 3.63) is 16.3 Å². The number of hydrogen-bond acceptors (Lipinski definition) is 3. The lowest BCUT2D eigenvalue weighted by atomic mass is 10.1. The molecule has 1 aromatic rings. The number of halogens is 1. The summed E-state index contributed by atoms with van der Waals surface area (Å²) in [5.41, 5.74) is 0. The molecule has 1 N–H and O–H groups in total. The Balaban J connectivity index is 2.45. The Hall–Kier alpha value is 0.250. The standard InChI is InChI=1S/C8H7IO2S2/c1-8(9)5-4(2-3-12-5)13-6(8)7(10)11/h2-3,6H,1H3,(H,10,11). The fourth-order valence-corrected chi connectivity index (χ4v) is 5.37. The first kappa shape index (κ1) is 9.79. The Morgan fingerprint density at radius 3 is 3.00 bits per heavy atom. The van der Waals surface area contributed by atoms with Crippen molar-refractivity contribution in [2.24, 2.45) is 0 Å². The second kappa shape index (κ2) is 3.13. The summed E-state index contributed by atoms with van der Waals surface area (Å²) >= 11 is 5.35. The molecule has 0 saturated carbocycles. The van der Waals surface area contributed by atoms with Crippen LogP contribution in [0, 0.1) is 0 Å². The number of carboxylic acids is 1. The van der Waals surface area contributed by atoms with Gasteiger partial charge in [-0.25, -0.2) is 0 Å². The van der Waals surface area contributed by atoms with Crippen LogP contribution in [0.1, 0.15) is 11.8 Å². The van der Waals surface area contributed by atoms with Gasteiger partial charge in [0.2, 0.25) is 0 Å². The number of carboxylic acid groups (broad SMARTS) is 1. The Kier molecular flexibility index (Phi) is 2.36. The third-order valence-electron chi connectivity index (χ3n) is 2.03. The molecule has 0 radical (unpaired) electrons. The topological polar surface area (TPSA) is 37.3 Å². The molecule has 0 aromatic carbocycles. The number of thiophene rings is 1. The zero-order chi connectivity index (χ0) is 9.64. The van der Waals surface area contributed by atoms with Crippen LogP contribution in [0.3, 0.4) is 0 Å². The van der Waals surface area contributed by atoms with Crippen LogP contribution in [0.15, 0.2) is 16.3 Å². The van der Waals surface area contributed by atoms with Gasteiger partial charge >= 0.3 is 5.97 Å². The first-order valence-corrected chi connectivity index (χ1v) is 6.53. The summed E-state index contributed by atoms with van der Waals surface area (Å²) in [4.78, 5) is 13.3. The van der Waals surface area contributed by atoms with Gasteiger partial charge in [0.05, 0.1) is 3.42 Å². The summed E-state index contributed by atoms with van der Waals surface area (Å²) in [6, 6.07) is 2.00. The van der Waals surface area contributed by atoms with E-state index in [-0.39, 0.29) is 8.67 Å². The maximum atomic E-state index is 11.0. The molecule has 70 valence electrons. The first-order valence-electron chi connectivity index (χ1n) is 3.70. The molecule has 0 amide bonds. The Labute approximate surface area is 97.9 Å². The molecule has 0 fully saturated rings. The molecular formula is C8H7IO2S2. The average molecular weight is 326 g/mol. The van der Waals surface area contributed by atoms with Gasteiger partial charge in [0.1, 0.15) is 5.25 Å². The van der Waals surface area contributed by atoms with E-state index in [0.29, 0.717) is 0 Å². The monoisotopic (exact) mass is 326 g/mol.